The molecule has 120 valence electrons. The van der Waals surface area contributed by atoms with Crippen LogP contribution in [0.15, 0.2) is 53.7 Å². The lowest BCUT2D eigenvalue weighted by Crippen LogP contribution is -2.42. The molecule has 0 heterocycles. The Morgan fingerprint density at radius 2 is 1.57 bits per heavy atom. The summed E-state index contributed by atoms with van der Waals surface area (Å²) >= 11 is 3.74. The van der Waals surface area contributed by atoms with E-state index >= 15 is 0 Å². The van der Waals surface area contributed by atoms with Crippen LogP contribution in [0.2, 0.25) is 0 Å². The number of carbonyl (C=O) groups is 1. The molecule has 0 aliphatic heterocycles. The summed E-state index contributed by atoms with van der Waals surface area (Å²) in [7, 11) is 0. The van der Waals surface area contributed by atoms with Crippen LogP contribution in [0.5, 0.6) is 11.5 Å². The minimum absolute atomic E-state index is 0.267. The van der Waals surface area contributed by atoms with Crippen LogP contribution in [-0.2, 0) is 0 Å². The molecule has 6 nitrogen and oxygen atoms in total. The van der Waals surface area contributed by atoms with E-state index in [-0.39, 0.29) is 5.96 Å². The summed E-state index contributed by atoms with van der Waals surface area (Å²) in [6.45, 7) is 3.71. The fourth-order valence-corrected chi connectivity index (χ4v) is 1.88. The van der Waals surface area contributed by atoms with Gasteiger partial charge in [0.15, 0.2) is 11.5 Å². The molecule has 0 aliphatic carbocycles. The average Bonchev–Trinajstić information content (AvgIpc) is 2.52. The standard InChI is InChI=1S/C16H17N3O3S/c1-11-7-3-5-9-13(11)21-18-15(17)19(16(20)23)22-14-10-6-4-8-12(14)2/h3-10H,1-2H3,(H2,17,18)(H,20,23). The summed E-state index contributed by atoms with van der Waals surface area (Å²) in [6.07, 6.45) is 0. The van der Waals surface area contributed by atoms with E-state index in [1.807, 2.05) is 38.1 Å². The van der Waals surface area contributed by atoms with E-state index in [9.17, 15) is 4.79 Å². The van der Waals surface area contributed by atoms with Crippen LogP contribution in [0.3, 0.4) is 0 Å². The molecular weight excluding hydrogens is 314 g/mol. The fraction of sp³-hybridized carbons (Fsp3) is 0.125. The number of nitrogens with two attached hydrogens (primary N) is 1. The maximum atomic E-state index is 11.6. The number of rotatable bonds is 4. The van der Waals surface area contributed by atoms with Gasteiger partial charge in [-0.25, -0.2) is 0 Å². The lowest BCUT2D eigenvalue weighted by molar-refractivity contribution is 0.0646. The second-order valence-electron chi connectivity index (χ2n) is 4.74. The number of hydroxylamine groups is 2. The molecule has 0 spiro atoms. The number of benzene rings is 2. The molecule has 0 saturated heterocycles. The van der Waals surface area contributed by atoms with E-state index in [1.54, 1.807) is 24.3 Å². The molecule has 2 N–H and O–H groups in total. The third kappa shape index (κ3) is 4.40. The van der Waals surface area contributed by atoms with Gasteiger partial charge in [0.25, 0.3) is 5.96 Å². The molecule has 7 heteroatoms. The van der Waals surface area contributed by atoms with E-state index in [1.165, 1.54) is 0 Å². The van der Waals surface area contributed by atoms with Gasteiger partial charge in [-0.1, -0.05) is 54.1 Å². The molecule has 23 heavy (non-hydrogen) atoms. The van der Waals surface area contributed by atoms with Crippen LogP contribution in [0.1, 0.15) is 11.1 Å². The van der Waals surface area contributed by atoms with Crippen molar-refractivity contribution in [2.24, 2.45) is 10.9 Å². The Labute approximate surface area is 139 Å². The van der Waals surface area contributed by atoms with Gasteiger partial charge in [0.1, 0.15) is 0 Å². The molecular formula is C16H17N3O3S. The van der Waals surface area contributed by atoms with Crippen LogP contribution in [0.25, 0.3) is 0 Å². The van der Waals surface area contributed by atoms with Crippen molar-refractivity contribution in [3.63, 3.8) is 0 Å². The number of nitrogens with zero attached hydrogens (tertiary/aromatic N) is 2. The fourth-order valence-electron chi connectivity index (χ4n) is 1.73. The number of aryl methyl sites for hydroxylation is 2. The predicted octanol–water partition coefficient (Wildman–Crippen LogP) is 3.26. The van der Waals surface area contributed by atoms with Crippen molar-refractivity contribution in [2.45, 2.75) is 13.8 Å². The normalized spacial score (nSPS) is 11.0. The van der Waals surface area contributed by atoms with E-state index < -0.39 is 5.24 Å². The molecule has 0 radical (unpaired) electrons. The highest BCUT2D eigenvalue weighted by Gasteiger charge is 2.18. The van der Waals surface area contributed by atoms with Crippen LogP contribution < -0.4 is 15.4 Å². The first kappa shape index (κ1) is 16.7. The summed E-state index contributed by atoms with van der Waals surface area (Å²) < 4.78 is 0. The summed E-state index contributed by atoms with van der Waals surface area (Å²) in [5.41, 5.74) is 7.49. The topological polar surface area (TPSA) is 77.2 Å². The number of guanidine groups is 1. The summed E-state index contributed by atoms with van der Waals surface area (Å²) in [5.74, 6) is 0.721. The number of thiol groups is 1. The minimum atomic E-state index is -0.720. The first-order valence-electron chi connectivity index (χ1n) is 6.82. The third-order valence-electron chi connectivity index (χ3n) is 3.00. The molecule has 2 aromatic rings. The quantitative estimate of drug-likeness (QED) is 0.390. The van der Waals surface area contributed by atoms with Gasteiger partial charge < -0.3 is 15.4 Å². The van der Waals surface area contributed by atoms with Gasteiger partial charge in [-0.2, -0.15) is 0 Å². The Kier molecular flexibility index (Phi) is 5.48. The van der Waals surface area contributed by atoms with Crippen LogP contribution in [0, 0.1) is 13.8 Å². The lowest BCUT2D eigenvalue weighted by Gasteiger charge is -2.19. The van der Waals surface area contributed by atoms with Crippen molar-refractivity contribution in [2.75, 3.05) is 0 Å². The van der Waals surface area contributed by atoms with Crippen molar-refractivity contribution in [1.29, 1.82) is 0 Å². The lowest BCUT2D eigenvalue weighted by atomic mass is 10.2. The molecule has 2 aromatic carbocycles. The average molecular weight is 331 g/mol. The zero-order chi connectivity index (χ0) is 16.8. The predicted molar refractivity (Wildman–Crippen MR) is 91.5 cm³/mol. The van der Waals surface area contributed by atoms with Crippen LogP contribution >= 0.6 is 12.6 Å². The van der Waals surface area contributed by atoms with Gasteiger partial charge in [0, 0.05) is 0 Å². The second-order valence-corrected chi connectivity index (χ2v) is 5.12. The highest BCUT2D eigenvalue weighted by Crippen LogP contribution is 2.19. The van der Waals surface area contributed by atoms with E-state index in [0.29, 0.717) is 11.5 Å². The Hall–Kier alpha value is -2.67. The highest BCUT2D eigenvalue weighted by atomic mass is 32.1. The highest BCUT2D eigenvalue weighted by molar-refractivity contribution is 7.96. The monoisotopic (exact) mass is 331 g/mol. The van der Waals surface area contributed by atoms with E-state index in [4.69, 9.17) is 15.4 Å². The van der Waals surface area contributed by atoms with Crippen molar-refractivity contribution in [3.05, 3.63) is 59.7 Å². The van der Waals surface area contributed by atoms with Gasteiger partial charge in [-0.05, 0) is 42.3 Å². The number of para-hydroxylation sites is 2. The summed E-state index contributed by atoms with van der Waals surface area (Å²) in [4.78, 5) is 22.3. The molecule has 0 unspecified atom stereocenters. The third-order valence-corrected chi connectivity index (χ3v) is 3.18. The SMILES string of the molecule is Cc1ccccc1ON=C(N)N(Oc1ccccc1C)C(=O)S. The largest absolute Gasteiger partial charge is 0.368 e. The maximum absolute atomic E-state index is 11.6. The number of carbonyl (C=O) groups excluding carboxylic acids is 1. The van der Waals surface area contributed by atoms with E-state index in [0.717, 1.165) is 16.2 Å². The Bertz CT molecular complexity index is 734. The number of hydrogen-bond donors (Lipinski definition) is 2. The van der Waals surface area contributed by atoms with E-state index in [2.05, 4.69) is 17.8 Å². The maximum Gasteiger partial charge on any atom is 0.319 e. The first-order chi connectivity index (χ1) is 11.0. The number of hydrogen-bond acceptors (Lipinski definition) is 4. The van der Waals surface area contributed by atoms with Crippen molar-refractivity contribution < 1.29 is 14.5 Å². The van der Waals surface area contributed by atoms with Crippen LogP contribution in [0.4, 0.5) is 4.79 Å². The zero-order valence-corrected chi connectivity index (χ0v) is 13.7. The number of amides is 1. The summed E-state index contributed by atoms with van der Waals surface area (Å²) in [5, 5.41) is 3.76. The molecule has 0 aliphatic rings. The summed E-state index contributed by atoms with van der Waals surface area (Å²) in [6, 6.07) is 14.5. The molecule has 0 bridgehead atoms. The van der Waals surface area contributed by atoms with Crippen molar-refractivity contribution in [3.8, 4) is 11.5 Å². The zero-order valence-electron chi connectivity index (χ0n) is 12.8. The minimum Gasteiger partial charge on any atom is -0.368 e. The molecule has 0 fully saturated rings. The van der Waals surface area contributed by atoms with Crippen LogP contribution in [-0.4, -0.2) is 16.3 Å². The molecule has 0 aromatic heterocycles. The van der Waals surface area contributed by atoms with Gasteiger partial charge in [0.2, 0.25) is 0 Å². The van der Waals surface area contributed by atoms with Crippen molar-refractivity contribution in [1.82, 2.24) is 5.06 Å². The van der Waals surface area contributed by atoms with Gasteiger partial charge in [0.05, 0.1) is 0 Å². The Morgan fingerprint density at radius 3 is 2.09 bits per heavy atom. The second kappa shape index (κ2) is 7.55. The molecule has 2 rings (SSSR count). The number of oxime groups is 1. The van der Waals surface area contributed by atoms with Crippen molar-refractivity contribution >= 4 is 23.8 Å². The first-order valence-corrected chi connectivity index (χ1v) is 7.26. The molecule has 1 amide bonds. The van der Waals surface area contributed by atoms with Gasteiger partial charge in [-0.15, -0.1) is 0 Å². The van der Waals surface area contributed by atoms with Gasteiger partial charge >= 0.3 is 5.24 Å². The van der Waals surface area contributed by atoms with Gasteiger partial charge in [-0.3, -0.25) is 4.79 Å². The Morgan fingerprint density at radius 1 is 1.04 bits per heavy atom. The molecule has 0 saturated carbocycles. The Balaban J connectivity index is 2.17. The smallest absolute Gasteiger partial charge is 0.319 e. The molecule has 0 atom stereocenters.